The molecule has 24 heavy (non-hydrogen) atoms. The van der Waals surface area contributed by atoms with Gasteiger partial charge in [-0.25, -0.2) is 18.7 Å². The minimum Gasteiger partial charge on any atom is -0.340 e. The van der Waals surface area contributed by atoms with Gasteiger partial charge >= 0.3 is 0 Å². The molecule has 2 aromatic heterocycles. The first-order chi connectivity index (χ1) is 11.6. The van der Waals surface area contributed by atoms with Gasteiger partial charge in [-0.05, 0) is 23.9 Å². The van der Waals surface area contributed by atoms with Crippen molar-refractivity contribution in [2.75, 3.05) is 31.1 Å². The molecule has 4 rings (SSSR count). The summed E-state index contributed by atoms with van der Waals surface area (Å²) in [6.07, 6.45) is 3.74. The molecule has 128 valence electrons. The van der Waals surface area contributed by atoms with Crippen molar-refractivity contribution in [3.63, 3.8) is 0 Å². The van der Waals surface area contributed by atoms with Crippen LogP contribution in [-0.4, -0.2) is 47.0 Å². The average molecular weight is 350 g/mol. The number of likely N-dealkylation sites (tertiary alicyclic amines) is 1. The summed E-state index contributed by atoms with van der Waals surface area (Å²) in [7, 11) is 0. The van der Waals surface area contributed by atoms with E-state index in [0.29, 0.717) is 38.5 Å². The number of piperidine rings is 1. The summed E-state index contributed by atoms with van der Waals surface area (Å²) >= 11 is 1.69. The number of anilines is 1. The quantitative estimate of drug-likeness (QED) is 0.850. The Morgan fingerprint density at radius 3 is 2.67 bits per heavy atom. The van der Waals surface area contributed by atoms with Crippen molar-refractivity contribution in [2.24, 2.45) is 5.41 Å². The summed E-state index contributed by atoms with van der Waals surface area (Å²) in [6.45, 7) is 2.56. The number of alkyl halides is 2. The van der Waals surface area contributed by atoms with E-state index in [9.17, 15) is 8.78 Å². The number of aromatic nitrogens is 2. The number of rotatable bonds is 3. The fraction of sp³-hybridized carbons (Fsp3) is 0.529. The largest absolute Gasteiger partial charge is 0.340 e. The highest BCUT2D eigenvalue weighted by molar-refractivity contribution is 7.09. The Kier molecular flexibility index (Phi) is 4.00. The molecule has 2 aliphatic heterocycles. The molecule has 1 atom stereocenters. The normalized spacial score (nSPS) is 27.0. The van der Waals surface area contributed by atoms with Crippen molar-refractivity contribution in [2.45, 2.75) is 25.3 Å². The van der Waals surface area contributed by atoms with Crippen LogP contribution < -0.4 is 4.90 Å². The van der Waals surface area contributed by atoms with E-state index in [4.69, 9.17) is 0 Å². The standard InChI is InChI=1S/C17H20F2N4S/c18-17(19)5-8-22(11-14-3-1-10-24-14)12-16(17)4-9-23(13-16)15-20-6-2-7-21-15/h1-3,6-7,10H,4-5,8-9,11-13H2/t16-/m0/s1. The van der Waals surface area contributed by atoms with Crippen LogP contribution in [-0.2, 0) is 6.54 Å². The maximum Gasteiger partial charge on any atom is 0.257 e. The van der Waals surface area contributed by atoms with E-state index < -0.39 is 11.3 Å². The Labute approximate surface area is 144 Å². The second-order valence-corrected chi connectivity index (χ2v) is 7.78. The van der Waals surface area contributed by atoms with Gasteiger partial charge in [0.2, 0.25) is 5.95 Å². The van der Waals surface area contributed by atoms with Gasteiger partial charge in [0.1, 0.15) is 0 Å². The molecular weight excluding hydrogens is 330 g/mol. The van der Waals surface area contributed by atoms with E-state index in [1.807, 2.05) is 16.3 Å². The summed E-state index contributed by atoms with van der Waals surface area (Å²) < 4.78 is 29.6. The fourth-order valence-electron chi connectivity index (χ4n) is 3.87. The third kappa shape index (κ3) is 2.80. The third-order valence-electron chi connectivity index (χ3n) is 5.19. The van der Waals surface area contributed by atoms with Crippen molar-refractivity contribution in [3.8, 4) is 0 Å². The van der Waals surface area contributed by atoms with Crippen LogP contribution in [0.4, 0.5) is 14.7 Å². The lowest BCUT2D eigenvalue weighted by molar-refractivity contribution is -0.158. The van der Waals surface area contributed by atoms with Crippen molar-refractivity contribution in [3.05, 3.63) is 40.8 Å². The van der Waals surface area contributed by atoms with Crippen LogP contribution in [0.5, 0.6) is 0 Å². The van der Waals surface area contributed by atoms with Crippen LogP contribution >= 0.6 is 11.3 Å². The van der Waals surface area contributed by atoms with Crippen molar-refractivity contribution < 1.29 is 8.78 Å². The molecule has 2 aromatic rings. The van der Waals surface area contributed by atoms with Crippen molar-refractivity contribution in [1.82, 2.24) is 14.9 Å². The molecule has 0 aromatic carbocycles. The van der Waals surface area contributed by atoms with Crippen LogP contribution in [0.3, 0.4) is 0 Å². The maximum absolute atomic E-state index is 14.8. The first kappa shape index (κ1) is 15.9. The van der Waals surface area contributed by atoms with Gasteiger partial charge in [-0.15, -0.1) is 11.3 Å². The molecule has 7 heteroatoms. The summed E-state index contributed by atoms with van der Waals surface area (Å²) in [4.78, 5) is 13.8. The Morgan fingerprint density at radius 1 is 1.08 bits per heavy atom. The van der Waals surface area contributed by atoms with Crippen molar-refractivity contribution in [1.29, 1.82) is 0 Å². The predicted octanol–water partition coefficient (Wildman–Crippen LogP) is 3.28. The summed E-state index contributed by atoms with van der Waals surface area (Å²) in [5, 5.41) is 2.04. The Bertz CT molecular complexity index is 679. The molecule has 0 N–H and O–H groups in total. The summed E-state index contributed by atoms with van der Waals surface area (Å²) in [5.74, 6) is -2.08. The zero-order valence-corrected chi connectivity index (χ0v) is 14.2. The Hall–Kier alpha value is -1.60. The zero-order valence-electron chi connectivity index (χ0n) is 13.4. The lowest BCUT2D eigenvalue weighted by Crippen LogP contribution is -2.56. The molecule has 4 heterocycles. The van der Waals surface area contributed by atoms with Gasteiger partial charge in [0.05, 0.1) is 5.41 Å². The lowest BCUT2D eigenvalue weighted by atomic mass is 9.75. The molecule has 0 amide bonds. The van der Waals surface area contributed by atoms with Gasteiger partial charge < -0.3 is 4.90 Å². The maximum atomic E-state index is 14.8. The van der Waals surface area contributed by atoms with Gasteiger partial charge in [0.25, 0.3) is 5.92 Å². The number of halogens is 2. The predicted molar refractivity (Wildman–Crippen MR) is 90.5 cm³/mol. The van der Waals surface area contributed by atoms with Crippen LogP contribution in [0.1, 0.15) is 17.7 Å². The first-order valence-corrected chi connectivity index (χ1v) is 9.11. The molecule has 0 bridgehead atoms. The monoisotopic (exact) mass is 350 g/mol. The molecule has 2 saturated heterocycles. The highest BCUT2D eigenvalue weighted by atomic mass is 32.1. The summed E-state index contributed by atoms with van der Waals surface area (Å²) in [5.41, 5.74) is -0.998. The average Bonchev–Trinajstić information content (AvgIpc) is 3.23. The number of hydrogen-bond donors (Lipinski definition) is 0. The Balaban J connectivity index is 1.53. The van der Waals surface area contributed by atoms with E-state index >= 15 is 0 Å². The minimum atomic E-state index is -2.64. The topological polar surface area (TPSA) is 32.3 Å². The SMILES string of the molecule is FC1(F)CCN(Cc2cccs2)C[C@]12CCN(c1ncccn1)C2. The van der Waals surface area contributed by atoms with Crippen LogP contribution in [0, 0.1) is 5.41 Å². The molecule has 0 saturated carbocycles. The van der Waals surface area contributed by atoms with Crippen LogP contribution in [0.2, 0.25) is 0 Å². The van der Waals surface area contributed by atoms with E-state index in [2.05, 4.69) is 20.9 Å². The van der Waals surface area contributed by atoms with Crippen LogP contribution in [0.25, 0.3) is 0 Å². The van der Waals surface area contributed by atoms with Gasteiger partial charge in [-0.2, -0.15) is 0 Å². The molecule has 2 fully saturated rings. The van der Waals surface area contributed by atoms with Gasteiger partial charge in [0.15, 0.2) is 0 Å². The first-order valence-electron chi connectivity index (χ1n) is 8.23. The zero-order chi connectivity index (χ0) is 16.6. The number of nitrogens with zero attached hydrogens (tertiary/aromatic N) is 4. The molecule has 2 aliphatic rings. The molecule has 1 spiro atoms. The molecule has 4 nitrogen and oxygen atoms in total. The van der Waals surface area contributed by atoms with Gasteiger partial charge in [-0.3, -0.25) is 4.90 Å². The van der Waals surface area contributed by atoms with E-state index in [0.717, 1.165) is 6.54 Å². The fourth-order valence-corrected chi connectivity index (χ4v) is 4.62. The molecule has 0 radical (unpaired) electrons. The highest BCUT2D eigenvalue weighted by Gasteiger charge is 2.59. The Morgan fingerprint density at radius 2 is 1.92 bits per heavy atom. The summed E-state index contributed by atoms with van der Waals surface area (Å²) in [6, 6.07) is 5.83. The lowest BCUT2D eigenvalue weighted by Gasteiger charge is -2.45. The second-order valence-electron chi connectivity index (χ2n) is 6.75. The van der Waals surface area contributed by atoms with E-state index in [-0.39, 0.29) is 6.42 Å². The van der Waals surface area contributed by atoms with Crippen molar-refractivity contribution >= 4 is 17.3 Å². The molecular formula is C17H20F2N4S. The third-order valence-corrected chi connectivity index (χ3v) is 6.05. The smallest absolute Gasteiger partial charge is 0.257 e. The van der Waals surface area contributed by atoms with E-state index in [1.54, 1.807) is 29.8 Å². The molecule has 0 unspecified atom stereocenters. The minimum absolute atomic E-state index is 0.0676. The van der Waals surface area contributed by atoms with E-state index in [1.165, 1.54) is 4.88 Å². The number of thiophene rings is 1. The van der Waals surface area contributed by atoms with Crippen LogP contribution in [0.15, 0.2) is 36.0 Å². The molecule has 0 aliphatic carbocycles. The highest BCUT2D eigenvalue weighted by Crippen LogP contribution is 2.50. The van der Waals surface area contributed by atoms with Gasteiger partial charge in [-0.1, -0.05) is 6.07 Å². The number of hydrogen-bond acceptors (Lipinski definition) is 5. The second kappa shape index (κ2) is 6.04. The van der Waals surface area contributed by atoms with Gasteiger partial charge in [0, 0.05) is 56.4 Å².